The van der Waals surface area contributed by atoms with Crippen molar-refractivity contribution in [3.8, 4) is 0 Å². The standard InChI is InChI=1S/C8H14F2N2O2/c1-2-3-5(11)8(14)12-4-6(13)7(9)10/h2,5-7,13H,1,3-4,11H2,(H,12,14). The van der Waals surface area contributed by atoms with Crippen molar-refractivity contribution in [1.82, 2.24) is 5.32 Å². The summed E-state index contributed by atoms with van der Waals surface area (Å²) in [7, 11) is 0. The summed E-state index contributed by atoms with van der Waals surface area (Å²) in [5.41, 5.74) is 5.34. The van der Waals surface area contributed by atoms with Gasteiger partial charge in [-0.15, -0.1) is 6.58 Å². The lowest BCUT2D eigenvalue weighted by Gasteiger charge is -2.13. The summed E-state index contributed by atoms with van der Waals surface area (Å²) in [6.07, 6.45) is -3.01. The minimum Gasteiger partial charge on any atom is -0.385 e. The molecule has 0 bridgehead atoms. The minimum atomic E-state index is -2.87. The highest BCUT2D eigenvalue weighted by atomic mass is 19.3. The van der Waals surface area contributed by atoms with Crippen LogP contribution in [-0.2, 0) is 4.79 Å². The Bertz CT molecular complexity index is 200. The third-order valence-corrected chi connectivity index (χ3v) is 1.53. The van der Waals surface area contributed by atoms with Crippen molar-refractivity contribution in [2.75, 3.05) is 6.54 Å². The summed E-state index contributed by atoms with van der Waals surface area (Å²) < 4.78 is 23.6. The van der Waals surface area contributed by atoms with E-state index < -0.39 is 31.0 Å². The molecule has 0 aliphatic heterocycles. The predicted octanol–water partition coefficient (Wildman–Crippen LogP) is -0.368. The number of alkyl halides is 2. The monoisotopic (exact) mass is 208 g/mol. The average molecular weight is 208 g/mol. The second-order valence-corrected chi connectivity index (χ2v) is 2.78. The SMILES string of the molecule is C=CCC(N)C(=O)NCC(O)C(F)F. The van der Waals surface area contributed by atoms with Crippen molar-refractivity contribution in [2.45, 2.75) is 25.0 Å². The third kappa shape index (κ3) is 4.88. The molecule has 0 aromatic heterocycles. The summed E-state index contributed by atoms with van der Waals surface area (Å²) in [6.45, 7) is 2.88. The van der Waals surface area contributed by atoms with Crippen LogP contribution in [-0.4, -0.2) is 36.1 Å². The lowest BCUT2D eigenvalue weighted by atomic mass is 10.2. The van der Waals surface area contributed by atoms with Crippen LogP contribution in [0.5, 0.6) is 0 Å². The molecule has 4 N–H and O–H groups in total. The number of aliphatic hydroxyl groups excluding tert-OH is 1. The van der Waals surface area contributed by atoms with Gasteiger partial charge in [0.25, 0.3) is 6.43 Å². The van der Waals surface area contributed by atoms with Crippen LogP contribution in [0.3, 0.4) is 0 Å². The third-order valence-electron chi connectivity index (χ3n) is 1.53. The summed E-state index contributed by atoms with van der Waals surface area (Å²) in [4.78, 5) is 11.0. The Morgan fingerprint density at radius 1 is 1.64 bits per heavy atom. The van der Waals surface area contributed by atoms with Crippen molar-refractivity contribution in [3.05, 3.63) is 12.7 Å². The maximum atomic E-state index is 11.8. The molecule has 14 heavy (non-hydrogen) atoms. The van der Waals surface area contributed by atoms with Gasteiger partial charge in [0, 0.05) is 6.54 Å². The first-order chi connectivity index (χ1) is 6.49. The first-order valence-corrected chi connectivity index (χ1v) is 4.09. The number of rotatable bonds is 6. The molecule has 0 aliphatic rings. The van der Waals surface area contributed by atoms with E-state index in [9.17, 15) is 13.6 Å². The highest BCUT2D eigenvalue weighted by Crippen LogP contribution is 1.98. The Hall–Kier alpha value is -1.01. The highest BCUT2D eigenvalue weighted by molar-refractivity contribution is 5.81. The molecule has 0 aromatic carbocycles. The number of hydrogen-bond donors (Lipinski definition) is 3. The van der Waals surface area contributed by atoms with Gasteiger partial charge in [0.15, 0.2) is 0 Å². The predicted molar refractivity (Wildman–Crippen MR) is 47.8 cm³/mol. The summed E-state index contributed by atoms with van der Waals surface area (Å²) in [5, 5.41) is 10.8. The quantitative estimate of drug-likeness (QED) is 0.521. The normalized spacial score (nSPS) is 14.9. The van der Waals surface area contributed by atoms with Crippen LogP contribution in [0.2, 0.25) is 0 Å². The number of aliphatic hydroxyl groups is 1. The Morgan fingerprint density at radius 2 is 2.21 bits per heavy atom. The molecule has 2 atom stereocenters. The van der Waals surface area contributed by atoms with E-state index in [4.69, 9.17) is 10.8 Å². The second kappa shape index (κ2) is 6.44. The largest absolute Gasteiger partial charge is 0.385 e. The van der Waals surface area contributed by atoms with E-state index in [0.29, 0.717) is 0 Å². The Kier molecular flexibility index (Phi) is 5.98. The minimum absolute atomic E-state index is 0.261. The first-order valence-electron chi connectivity index (χ1n) is 4.09. The van der Waals surface area contributed by atoms with E-state index in [2.05, 4.69) is 11.9 Å². The molecule has 0 heterocycles. The van der Waals surface area contributed by atoms with E-state index in [1.807, 2.05) is 0 Å². The molecule has 4 nitrogen and oxygen atoms in total. The molecule has 1 amide bonds. The Morgan fingerprint density at radius 3 is 2.64 bits per heavy atom. The zero-order valence-electron chi connectivity index (χ0n) is 7.62. The van der Waals surface area contributed by atoms with E-state index in [1.165, 1.54) is 6.08 Å². The molecule has 6 heteroatoms. The van der Waals surface area contributed by atoms with Crippen molar-refractivity contribution in [3.63, 3.8) is 0 Å². The van der Waals surface area contributed by atoms with Crippen LogP contribution in [0, 0.1) is 0 Å². The van der Waals surface area contributed by atoms with Gasteiger partial charge in [-0.3, -0.25) is 4.79 Å². The van der Waals surface area contributed by atoms with Gasteiger partial charge in [0.2, 0.25) is 5.91 Å². The van der Waals surface area contributed by atoms with Gasteiger partial charge < -0.3 is 16.2 Å². The number of halogens is 2. The zero-order valence-corrected chi connectivity index (χ0v) is 7.62. The summed E-state index contributed by atoms with van der Waals surface area (Å²) in [6, 6.07) is -0.808. The molecule has 0 aliphatic carbocycles. The number of nitrogens with two attached hydrogens (primary N) is 1. The fourth-order valence-electron chi connectivity index (χ4n) is 0.712. The highest BCUT2D eigenvalue weighted by Gasteiger charge is 2.19. The van der Waals surface area contributed by atoms with Crippen molar-refractivity contribution < 1.29 is 18.7 Å². The molecule has 0 rings (SSSR count). The molecule has 0 fully saturated rings. The van der Waals surface area contributed by atoms with E-state index in [-0.39, 0.29) is 6.42 Å². The number of carbonyl (C=O) groups is 1. The Balaban J connectivity index is 3.78. The van der Waals surface area contributed by atoms with Gasteiger partial charge in [-0.05, 0) is 6.42 Å². The molecular formula is C8H14F2N2O2. The second-order valence-electron chi connectivity index (χ2n) is 2.78. The lowest BCUT2D eigenvalue weighted by Crippen LogP contribution is -2.44. The summed E-state index contributed by atoms with van der Waals surface area (Å²) >= 11 is 0. The van der Waals surface area contributed by atoms with Crippen LogP contribution in [0.15, 0.2) is 12.7 Å². The molecule has 0 radical (unpaired) electrons. The molecular weight excluding hydrogens is 194 g/mol. The van der Waals surface area contributed by atoms with Gasteiger partial charge in [-0.2, -0.15) is 0 Å². The van der Waals surface area contributed by atoms with Crippen LogP contribution in [0.1, 0.15) is 6.42 Å². The Labute approximate surface area is 80.8 Å². The smallest absolute Gasteiger partial charge is 0.265 e. The number of hydrogen-bond acceptors (Lipinski definition) is 3. The van der Waals surface area contributed by atoms with Gasteiger partial charge in [-0.1, -0.05) is 6.08 Å². The molecule has 0 aromatic rings. The van der Waals surface area contributed by atoms with Gasteiger partial charge in [-0.25, -0.2) is 8.78 Å². The molecule has 0 spiro atoms. The molecule has 0 saturated heterocycles. The number of nitrogens with one attached hydrogen (secondary N) is 1. The number of amides is 1. The average Bonchev–Trinajstić information content (AvgIpc) is 2.13. The zero-order chi connectivity index (χ0) is 11.1. The number of carbonyl (C=O) groups excluding carboxylic acids is 1. The fraction of sp³-hybridized carbons (Fsp3) is 0.625. The summed E-state index contributed by atoms with van der Waals surface area (Å²) in [5.74, 6) is -0.579. The fourth-order valence-corrected chi connectivity index (χ4v) is 0.712. The maximum absolute atomic E-state index is 11.8. The van der Waals surface area contributed by atoms with Crippen LogP contribution in [0.25, 0.3) is 0 Å². The maximum Gasteiger partial charge on any atom is 0.265 e. The van der Waals surface area contributed by atoms with Gasteiger partial charge in [0.05, 0.1) is 6.04 Å². The van der Waals surface area contributed by atoms with Gasteiger partial charge in [0.1, 0.15) is 6.10 Å². The van der Waals surface area contributed by atoms with Crippen molar-refractivity contribution in [2.24, 2.45) is 5.73 Å². The molecule has 0 saturated carbocycles. The van der Waals surface area contributed by atoms with E-state index in [1.54, 1.807) is 0 Å². The van der Waals surface area contributed by atoms with E-state index >= 15 is 0 Å². The van der Waals surface area contributed by atoms with Crippen LogP contribution < -0.4 is 11.1 Å². The molecule has 82 valence electrons. The van der Waals surface area contributed by atoms with Gasteiger partial charge >= 0.3 is 0 Å². The topological polar surface area (TPSA) is 75.4 Å². The van der Waals surface area contributed by atoms with Crippen LogP contribution >= 0.6 is 0 Å². The lowest BCUT2D eigenvalue weighted by molar-refractivity contribution is -0.123. The molecule has 2 unspecified atom stereocenters. The van der Waals surface area contributed by atoms with Crippen molar-refractivity contribution >= 4 is 5.91 Å². The van der Waals surface area contributed by atoms with E-state index in [0.717, 1.165) is 0 Å². The van der Waals surface area contributed by atoms with Crippen LogP contribution in [0.4, 0.5) is 8.78 Å². The van der Waals surface area contributed by atoms with Crippen molar-refractivity contribution in [1.29, 1.82) is 0 Å². The first kappa shape index (κ1) is 13.0.